The number of nitrogen functional groups attached to an aromatic ring is 2. The van der Waals surface area contributed by atoms with Crippen LogP contribution in [0.25, 0.3) is 11.1 Å². The highest BCUT2D eigenvalue weighted by Crippen LogP contribution is 2.37. The summed E-state index contributed by atoms with van der Waals surface area (Å²) in [6, 6.07) is 11.0. The van der Waals surface area contributed by atoms with Crippen LogP contribution < -0.4 is 11.5 Å². The highest BCUT2D eigenvalue weighted by atomic mass is 35.5. The first-order valence-corrected chi connectivity index (χ1v) is 5.44. The zero-order chi connectivity index (χ0) is 11.7. The van der Waals surface area contributed by atoms with Gasteiger partial charge in [0.25, 0.3) is 0 Å². The summed E-state index contributed by atoms with van der Waals surface area (Å²) in [5.74, 6) is 0. The van der Waals surface area contributed by atoms with Crippen LogP contribution in [0.3, 0.4) is 0 Å². The monoisotopic (exact) mass is 252 g/mol. The van der Waals surface area contributed by atoms with Gasteiger partial charge in [0.1, 0.15) is 0 Å². The average molecular weight is 253 g/mol. The van der Waals surface area contributed by atoms with Crippen molar-refractivity contribution < 1.29 is 0 Å². The maximum Gasteiger partial charge on any atom is 0.0827 e. The number of hydrogen-bond acceptors (Lipinski definition) is 2. The van der Waals surface area contributed by atoms with Crippen LogP contribution in [0.4, 0.5) is 11.4 Å². The largest absolute Gasteiger partial charge is 0.399 e. The van der Waals surface area contributed by atoms with Crippen molar-refractivity contribution in [2.45, 2.75) is 0 Å². The topological polar surface area (TPSA) is 52.0 Å². The number of benzene rings is 2. The molecule has 0 fully saturated rings. The van der Waals surface area contributed by atoms with Crippen molar-refractivity contribution in [3.8, 4) is 11.1 Å². The van der Waals surface area contributed by atoms with E-state index < -0.39 is 0 Å². The maximum absolute atomic E-state index is 6.13. The molecule has 4 heteroatoms. The Labute approximate surface area is 104 Å². The van der Waals surface area contributed by atoms with Gasteiger partial charge in [-0.05, 0) is 23.8 Å². The van der Waals surface area contributed by atoms with E-state index >= 15 is 0 Å². The first kappa shape index (κ1) is 11.1. The summed E-state index contributed by atoms with van der Waals surface area (Å²) < 4.78 is 0. The normalized spacial score (nSPS) is 10.4. The van der Waals surface area contributed by atoms with Gasteiger partial charge in [-0.1, -0.05) is 41.4 Å². The van der Waals surface area contributed by atoms with Crippen molar-refractivity contribution in [2.75, 3.05) is 11.5 Å². The zero-order valence-electron chi connectivity index (χ0n) is 8.37. The number of rotatable bonds is 1. The molecule has 16 heavy (non-hydrogen) atoms. The van der Waals surface area contributed by atoms with Crippen LogP contribution >= 0.6 is 23.2 Å². The number of anilines is 2. The maximum atomic E-state index is 6.13. The van der Waals surface area contributed by atoms with E-state index in [-0.39, 0.29) is 0 Å². The van der Waals surface area contributed by atoms with Crippen LogP contribution in [0.1, 0.15) is 0 Å². The lowest BCUT2D eigenvalue weighted by atomic mass is 10.0. The Balaban J connectivity index is 2.61. The minimum Gasteiger partial charge on any atom is -0.399 e. The summed E-state index contributed by atoms with van der Waals surface area (Å²) in [5.41, 5.74) is 14.3. The van der Waals surface area contributed by atoms with Gasteiger partial charge in [-0.2, -0.15) is 0 Å². The Morgan fingerprint density at radius 2 is 1.62 bits per heavy atom. The molecule has 0 radical (unpaired) electrons. The molecule has 0 bridgehead atoms. The number of hydrogen-bond donors (Lipinski definition) is 2. The third kappa shape index (κ3) is 1.94. The molecule has 4 N–H and O–H groups in total. The molecule has 0 saturated heterocycles. The molecule has 2 aromatic carbocycles. The smallest absolute Gasteiger partial charge is 0.0827 e. The van der Waals surface area contributed by atoms with E-state index in [0.29, 0.717) is 21.4 Å². The summed E-state index contributed by atoms with van der Waals surface area (Å²) in [4.78, 5) is 0. The van der Waals surface area contributed by atoms with Crippen molar-refractivity contribution in [2.24, 2.45) is 0 Å². The van der Waals surface area contributed by atoms with Crippen LogP contribution in [0, 0.1) is 0 Å². The van der Waals surface area contributed by atoms with Gasteiger partial charge >= 0.3 is 0 Å². The van der Waals surface area contributed by atoms with E-state index in [9.17, 15) is 0 Å². The van der Waals surface area contributed by atoms with Crippen LogP contribution in [-0.2, 0) is 0 Å². The molecule has 2 nitrogen and oxygen atoms in total. The molecule has 2 aromatic rings. The Kier molecular flexibility index (Phi) is 2.95. The van der Waals surface area contributed by atoms with Crippen molar-refractivity contribution in [3.05, 3.63) is 46.4 Å². The fourth-order valence-electron chi connectivity index (χ4n) is 1.49. The summed E-state index contributed by atoms with van der Waals surface area (Å²) in [7, 11) is 0. The zero-order valence-corrected chi connectivity index (χ0v) is 9.89. The quantitative estimate of drug-likeness (QED) is 0.759. The summed E-state index contributed by atoms with van der Waals surface area (Å²) in [5, 5.41) is 0.828. The molecule has 0 spiro atoms. The summed E-state index contributed by atoms with van der Waals surface area (Å²) in [6.07, 6.45) is 0. The van der Waals surface area contributed by atoms with Crippen LogP contribution in [0.2, 0.25) is 10.0 Å². The highest BCUT2D eigenvalue weighted by Gasteiger charge is 2.09. The predicted molar refractivity (Wildman–Crippen MR) is 70.7 cm³/mol. The van der Waals surface area contributed by atoms with E-state index in [0.717, 1.165) is 11.1 Å². The summed E-state index contributed by atoms with van der Waals surface area (Å²) >= 11 is 12.1. The second-order valence-corrected chi connectivity index (χ2v) is 4.21. The van der Waals surface area contributed by atoms with E-state index in [1.807, 2.05) is 30.3 Å². The van der Waals surface area contributed by atoms with E-state index in [1.54, 1.807) is 6.07 Å². The number of nitrogens with two attached hydrogens (primary N) is 2. The molecule has 0 heterocycles. The highest BCUT2D eigenvalue weighted by molar-refractivity contribution is 6.45. The number of halogens is 2. The van der Waals surface area contributed by atoms with E-state index in [1.165, 1.54) is 0 Å². The van der Waals surface area contributed by atoms with Gasteiger partial charge in [0.15, 0.2) is 0 Å². The molecule has 0 unspecified atom stereocenters. The van der Waals surface area contributed by atoms with Crippen molar-refractivity contribution in [1.29, 1.82) is 0 Å². The second-order valence-electron chi connectivity index (χ2n) is 3.46. The molecule has 82 valence electrons. The Hall–Kier alpha value is -1.38. The fourth-order valence-corrected chi connectivity index (χ4v) is 1.94. The van der Waals surface area contributed by atoms with Gasteiger partial charge in [-0.25, -0.2) is 0 Å². The average Bonchev–Trinajstić information content (AvgIpc) is 2.26. The van der Waals surface area contributed by atoms with Gasteiger partial charge in [0.05, 0.1) is 15.7 Å². The minimum atomic E-state index is 0.376. The standard InChI is InChI=1S/C12H10Cl2N2/c13-11-9(4-5-10(16)12(11)14)7-2-1-3-8(15)6-7/h1-6H,15-16H2. The SMILES string of the molecule is Nc1cccc(-c2ccc(N)c(Cl)c2Cl)c1. The molecule has 0 atom stereocenters. The van der Waals surface area contributed by atoms with Gasteiger partial charge in [-0.15, -0.1) is 0 Å². The second kappa shape index (κ2) is 4.24. The lowest BCUT2D eigenvalue weighted by Gasteiger charge is -2.08. The van der Waals surface area contributed by atoms with E-state index in [4.69, 9.17) is 34.7 Å². The van der Waals surface area contributed by atoms with Crippen LogP contribution in [0.15, 0.2) is 36.4 Å². The Morgan fingerprint density at radius 3 is 2.31 bits per heavy atom. The van der Waals surface area contributed by atoms with Crippen LogP contribution in [0.5, 0.6) is 0 Å². The van der Waals surface area contributed by atoms with Crippen LogP contribution in [-0.4, -0.2) is 0 Å². The molecule has 0 aliphatic heterocycles. The molecular weight excluding hydrogens is 243 g/mol. The van der Waals surface area contributed by atoms with Gasteiger partial charge in [0.2, 0.25) is 0 Å². The van der Waals surface area contributed by atoms with Crippen molar-refractivity contribution >= 4 is 34.6 Å². The fraction of sp³-hybridized carbons (Fsp3) is 0. The molecule has 0 aliphatic carbocycles. The summed E-state index contributed by atoms with van der Waals surface area (Å²) in [6.45, 7) is 0. The predicted octanol–water partition coefficient (Wildman–Crippen LogP) is 3.82. The van der Waals surface area contributed by atoms with Gasteiger partial charge < -0.3 is 11.5 Å². The first-order chi connectivity index (χ1) is 7.59. The minimum absolute atomic E-state index is 0.376. The molecule has 2 rings (SSSR count). The van der Waals surface area contributed by atoms with Crippen molar-refractivity contribution in [1.82, 2.24) is 0 Å². The lowest BCUT2D eigenvalue weighted by molar-refractivity contribution is 1.60. The molecule has 0 amide bonds. The molecule has 0 aromatic heterocycles. The van der Waals surface area contributed by atoms with Crippen molar-refractivity contribution in [3.63, 3.8) is 0 Å². The van der Waals surface area contributed by atoms with E-state index in [2.05, 4.69) is 0 Å². The lowest BCUT2D eigenvalue weighted by Crippen LogP contribution is -1.90. The van der Waals surface area contributed by atoms with Gasteiger partial charge in [0, 0.05) is 11.3 Å². The molecule has 0 aliphatic rings. The Bertz CT molecular complexity index is 539. The third-order valence-corrected chi connectivity index (χ3v) is 3.21. The third-order valence-electron chi connectivity index (χ3n) is 2.31. The molecular formula is C12H10Cl2N2. The Morgan fingerprint density at radius 1 is 0.875 bits per heavy atom. The molecule has 0 saturated carbocycles. The van der Waals surface area contributed by atoms with Gasteiger partial charge in [-0.3, -0.25) is 0 Å². The first-order valence-electron chi connectivity index (χ1n) is 4.69.